The van der Waals surface area contributed by atoms with Gasteiger partial charge in [-0.15, -0.1) is 0 Å². The minimum atomic E-state index is 0.701. The molecule has 1 aromatic carbocycles. The summed E-state index contributed by atoms with van der Waals surface area (Å²) in [5, 5.41) is 4.44. The molecule has 2 heterocycles. The lowest BCUT2D eigenvalue weighted by molar-refractivity contribution is 0.0322. The van der Waals surface area contributed by atoms with Gasteiger partial charge in [-0.3, -0.25) is 9.58 Å². The molecule has 1 aromatic heterocycles. The Labute approximate surface area is 150 Å². The Balaban J connectivity index is 1.60. The molecule has 1 fully saturated rings. The van der Waals surface area contributed by atoms with Crippen molar-refractivity contribution in [2.75, 3.05) is 39.5 Å². The van der Waals surface area contributed by atoms with Crippen LogP contribution >= 0.6 is 22.6 Å². The fourth-order valence-electron chi connectivity index (χ4n) is 2.63. The summed E-state index contributed by atoms with van der Waals surface area (Å²) in [5.74, 6) is 0.950. The maximum absolute atomic E-state index is 6.03. The number of hydrogen-bond acceptors (Lipinski definition) is 4. The van der Waals surface area contributed by atoms with Gasteiger partial charge < -0.3 is 9.47 Å². The van der Waals surface area contributed by atoms with Crippen molar-refractivity contribution in [1.29, 1.82) is 0 Å². The van der Waals surface area contributed by atoms with Gasteiger partial charge in [0.05, 0.1) is 29.5 Å². The van der Waals surface area contributed by atoms with E-state index in [9.17, 15) is 0 Å². The molecule has 1 saturated heterocycles. The lowest BCUT2D eigenvalue weighted by Crippen LogP contribution is -2.38. The van der Waals surface area contributed by atoms with Crippen LogP contribution in [0.15, 0.2) is 30.5 Å². The first kappa shape index (κ1) is 16.7. The molecule has 0 saturated carbocycles. The van der Waals surface area contributed by atoms with E-state index in [0.29, 0.717) is 6.61 Å². The van der Waals surface area contributed by atoms with Crippen LogP contribution in [0.5, 0.6) is 5.75 Å². The van der Waals surface area contributed by atoms with E-state index in [2.05, 4.69) is 45.6 Å². The Morgan fingerprint density at radius 1 is 1.26 bits per heavy atom. The number of aromatic nitrogens is 2. The van der Waals surface area contributed by atoms with E-state index in [0.717, 1.165) is 50.7 Å². The van der Waals surface area contributed by atoms with Gasteiger partial charge in [-0.2, -0.15) is 5.10 Å². The average Bonchev–Trinajstić information content (AvgIpc) is 2.89. The van der Waals surface area contributed by atoms with Crippen molar-refractivity contribution in [1.82, 2.24) is 14.7 Å². The van der Waals surface area contributed by atoms with Crippen LogP contribution in [0.4, 0.5) is 0 Å². The molecule has 3 rings (SSSR count). The highest BCUT2D eigenvalue weighted by molar-refractivity contribution is 14.1. The average molecular weight is 427 g/mol. The lowest BCUT2D eigenvalue weighted by Gasteiger charge is -2.26. The third-order valence-corrected chi connectivity index (χ3v) is 5.16. The van der Waals surface area contributed by atoms with Crippen LogP contribution in [0.2, 0.25) is 0 Å². The Morgan fingerprint density at radius 3 is 2.78 bits per heavy atom. The molecular formula is C17H22IN3O2. The summed E-state index contributed by atoms with van der Waals surface area (Å²) in [6.45, 7) is 8.12. The number of hydrogen-bond donors (Lipinski definition) is 0. The summed E-state index contributed by atoms with van der Waals surface area (Å²) in [7, 11) is 0. The predicted molar refractivity (Wildman–Crippen MR) is 98.0 cm³/mol. The van der Waals surface area contributed by atoms with Crippen LogP contribution in [-0.2, 0) is 11.3 Å². The van der Waals surface area contributed by atoms with E-state index < -0.39 is 0 Å². The van der Waals surface area contributed by atoms with Crippen molar-refractivity contribution in [3.63, 3.8) is 0 Å². The zero-order chi connectivity index (χ0) is 16.1. The van der Waals surface area contributed by atoms with Crippen molar-refractivity contribution in [3.8, 4) is 5.75 Å². The molecule has 0 atom stereocenters. The highest BCUT2D eigenvalue weighted by atomic mass is 127. The monoisotopic (exact) mass is 427 g/mol. The largest absolute Gasteiger partial charge is 0.492 e. The van der Waals surface area contributed by atoms with Gasteiger partial charge in [0.15, 0.2) is 0 Å². The molecule has 0 radical (unpaired) electrons. The first-order chi connectivity index (χ1) is 11.2. The number of para-hydroxylation sites is 1. The van der Waals surface area contributed by atoms with Crippen LogP contribution in [0.3, 0.4) is 0 Å². The van der Waals surface area contributed by atoms with Crippen LogP contribution < -0.4 is 4.74 Å². The minimum absolute atomic E-state index is 0.701. The van der Waals surface area contributed by atoms with Gasteiger partial charge in [0.2, 0.25) is 0 Å². The fraction of sp³-hybridized carbons (Fsp3) is 0.471. The lowest BCUT2D eigenvalue weighted by atomic mass is 10.2. The molecule has 124 valence electrons. The van der Waals surface area contributed by atoms with Crippen LogP contribution in [0.1, 0.15) is 11.3 Å². The molecular weight excluding hydrogens is 405 g/mol. The van der Waals surface area contributed by atoms with Gasteiger partial charge in [0.1, 0.15) is 12.4 Å². The third kappa shape index (κ3) is 4.45. The van der Waals surface area contributed by atoms with E-state index in [4.69, 9.17) is 9.47 Å². The zero-order valence-corrected chi connectivity index (χ0v) is 15.5. The van der Waals surface area contributed by atoms with Crippen molar-refractivity contribution in [3.05, 3.63) is 45.3 Å². The highest BCUT2D eigenvalue weighted by Gasteiger charge is 2.11. The van der Waals surface area contributed by atoms with Gasteiger partial charge in [-0.05, 0) is 35.6 Å². The number of rotatable bonds is 6. The van der Waals surface area contributed by atoms with Crippen LogP contribution in [0.25, 0.3) is 0 Å². The molecule has 1 aliphatic heterocycles. The number of morpholine rings is 1. The standard InChI is InChI=1S/C17H22IN3O2/c1-14-16(18)12-19-21(14)13-15-4-2-3-5-17(15)23-11-8-20-6-9-22-10-7-20/h2-5,12H,6-11,13H2,1H3. The quantitative estimate of drug-likeness (QED) is 0.665. The van der Waals surface area contributed by atoms with E-state index in [1.54, 1.807) is 0 Å². The molecule has 0 N–H and O–H groups in total. The van der Waals surface area contributed by atoms with Crippen LogP contribution in [-0.4, -0.2) is 54.1 Å². The Morgan fingerprint density at radius 2 is 2.04 bits per heavy atom. The Bertz CT molecular complexity index is 639. The maximum atomic E-state index is 6.03. The summed E-state index contributed by atoms with van der Waals surface area (Å²) >= 11 is 2.31. The van der Waals surface area contributed by atoms with Gasteiger partial charge in [0, 0.05) is 30.9 Å². The van der Waals surface area contributed by atoms with Crippen molar-refractivity contribution >= 4 is 22.6 Å². The summed E-state index contributed by atoms with van der Waals surface area (Å²) < 4.78 is 14.6. The van der Waals surface area contributed by atoms with Gasteiger partial charge >= 0.3 is 0 Å². The Hall–Kier alpha value is -1.12. The van der Waals surface area contributed by atoms with E-state index in [1.165, 1.54) is 9.26 Å². The fourth-order valence-corrected chi connectivity index (χ4v) is 3.03. The van der Waals surface area contributed by atoms with Crippen molar-refractivity contribution in [2.45, 2.75) is 13.5 Å². The topological polar surface area (TPSA) is 39.5 Å². The number of nitrogens with zero attached hydrogens (tertiary/aromatic N) is 3. The SMILES string of the molecule is Cc1c(I)cnn1Cc1ccccc1OCCN1CCOCC1. The second-order valence-electron chi connectivity index (χ2n) is 5.65. The minimum Gasteiger partial charge on any atom is -0.492 e. The zero-order valence-electron chi connectivity index (χ0n) is 13.4. The molecule has 2 aromatic rings. The smallest absolute Gasteiger partial charge is 0.124 e. The molecule has 23 heavy (non-hydrogen) atoms. The highest BCUT2D eigenvalue weighted by Crippen LogP contribution is 2.20. The Kier molecular flexibility index (Phi) is 5.91. The molecule has 6 heteroatoms. The maximum Gasteiger partial charge on any atom is 0.124 e. The van der Waals surface area contributed by atoms with E-state index in [1.807, 2.05) is 29.1 Å². The number of benzene rings is 1. The first-order valence-electron chi connectivity index (χ1n) is 7.93. The summed E-state index contributed by atoms with van der Waals surface area (Å²) in [4.78, 5) is 2.38. The molecule has 1 aliphatic rings. The first-order valence-corrected chi connectivity index (χ1v) is 9.00. The molecule has 0 bridgehead atoms. The second-order valence-corrected chi connectivity index (χ2v) is 6.81. The molecule has 0 amide bonds. The van der Waals surface area contributed by atoms with E-state index in [-0.39, 0.29) is 0 Å². The molecule has 0 spiro atoms. The normalized spacial score (nSPS) is 15.7. The number of halogens is 1. The summed E-state index contributed by atoms with van der Waals surface area (Å²) in [6, 6.07) is 8.22. The van der Waals surface area contributed by atoms with Crippen molar-refractivity contribution < 1.29 is 9.47 Å². The molecule has 0 aliphatic carbocycles. The summed E-state index contributed by atoms with van der Waals surface area (Å²) in [5.41, 5.74) is 2.35. The molecule has 5 nitrogen and oxygen atoms in total. The van der Waals surface area contributed by atoms with Gasteiger partial charge in [0.25, 0.3) is 0 Å². The molecule has 0 unspecified atom stereocenters. The van der Waals surface area contributed by atoms with Gasteiger partial charge in [-0.25, -0.2) is 0 Å². The summed E-state index contributed by atoms with van der Waals surface area (Å²) in [6.07, 6.45) is 1.90. The van der Waals surface area contributed by atoms with Crippen molar-refractivity contribution in [2.24, 2.45) is 0 Å². The van der Waals surface area contributed by atoms with E-state index >= 15 is 0 Å². The van der Waals surface area contributed by atoms with Gasteiger partial charge in [-0.1, -0.05) is 18.2 Å². The van der Waals surface area contributed by atoms with Crippen LogP contribution in [0, 0.1) is 10.5 Å². The third-order valence-electron chi connectivity index (χ3n) is 4.10. The number of ether oxygens (including phenoxy) is 2. The predicted octanol–water partition coefficient (Wildman–Crippen LogP) is 2.56. The second kappa shape index (κ2) is 8.12.